The SMILES string of the molecule is CC1CCN(C2(CN)CCCC(C)C2)C1. The molecule has 2 heteroatoms. The topological polar surface area (TPSA) is 29.3 Å². The Bertz CT molecular complexity index is 217. The molecule has 2 N–H and O–H groups in total. The molecule has 1 aliphatic heterocycles. The number of nitrogens with zero attached hydrogens (tertiary/aromatic N) is 1. The average Bonchev–Trinajstić information content (AvgIpc) is 2.65. The van der Waals surface area contributed by atoms with Crippen LogP contribution in [0.1, 0.15) is 46.0 Å². The molecule has 2 nitrogen and oxygen atoms in total. The van der Waals surface area contributed by atoms with Crippen LogP contribution in [0.3, 0.4) is 0 Å². The summed E-state index contributed by atoms with van der Waals surface area (Å²) < 4.78 is 0. The van der Waals surface area contributed by atoms with E-state index in [1.807, 2.05) is 0 Å². The van der Waals surface area contributed by atoms with E-state index in [-0.39, 0.29) is 0 Å². The molecule has 0 aromatic rings. The minimum Gasteiger partial charge on any atom is -0.329 e. The minimum atomic E-state index is 0.364. The van der Waals surface area contributed by atoms with E-state index in [4.69, 9.17) is 5.73 Å². The molecular formula is C13H26N2. The summed E-state index contributed by atoms with van der Waals surface area (Å²) in [6, 6.07) is 0. The highest BCUT2D eigenvalue weighted by Crippen LogP contribution is 2.38. The Morgan fingerprint density at radius 2 is 2.07 bits per heavy atom. The van der Waals surface area contributed by atoms with Crippen LogP contribution in [-0.4, -0.2) is 30.1 Å². The van der Waals surface area contributed by atoms with Gasteiger partial charge in [0.25, 0.3) is 0 Å². The summed E-state index contributed by atoms with van der Waals surface area (Å²) in [6.07, 6.45) is 6.82. The van der Waals surface area contributed by atoms with Crippen LogP contribution in [0.5, 0.6) is 0 Å². The molecule has 2 aliphatic rings. The molecule has 0 amide bonds. The maximum atomic E-state index is 6.08. The van der Waals surface area contributed by atoms with E-state index in [1.165, 1.54) is 45.2 Å². The first-order valence-corrected chi connectivity index (χ1v) is 6.61. The second-order valence-corrected chi connectivity index (χ2v) is 5.97. The van der Waals surface area contributed by atoms with Gasteiger partial charge in [0.05, 0.1) is 0 Å². The summed E-state index contributed by atoms with van der Waals surface area (Å²) >= 11 is 0. The molecule has 0 radical (unpaired) electrons. The van der Waals surface area contributed by atoms with Gasteiger partial charge in [0.15, 0.2) is 0 Å². The molecule has 1 saturated carbocycles. The fraction of sp³-hybridized carbons (Fsp3) is 1.00. The summed E-state index contributed by atoms with van der Waals surface area (Å²) in [5.41, 5.74) is 6.45. The maximum absolute atomic E-state index is 6.08. The second kappa shape index (κ2) is 4.42. The molecule has 1 heterocycles. The third-order valence-electron chi connectivity index (χ3n) is 4.54. The van der Waals surface area contributed by atoms with Gasteiger partial charge in [0, 0.05) is 18.6 Å². The van der Waals surface area contributed by atoms with Crippen LogP contribution in [0.25, 0.3) is 0 Å². The molecule has 0 aromatic carbocycles. The Balaban J connectivity index is 2.06. The van der Waals surface area contributed by atoms with Crippen LogP contribution in [0.15, 0.2) is 0 Å². The van der Waals surface area contributed by atoms with Crippen molar-refractivity contribution in [1.29, 1.82) is 0 Å². The predicted molar refractivity (Wildman–Crippen MR) is 64.8 cm³/mol. The van der Waals surface area contributed by atoms with Crippen molar-refractivity contribution in [2.45, 2.75) is 51.5 Å². The lowest BCUT2D eigenvalue weighted by molar-refractivity contribution is 0.0571. The van der Waals surface area contributed by atoms with Crippen molar-refractivity contribution in [2.24, 2.45) is 17.6 Å². The lowest BCUT2D eigenvalue weighted by Crippen LogP contribution is -2.55. The zero-order valence-corrected chi connectivity index (χ0v) is 10.3. The van der Waals surface area contributed by atoms with Gasteiger partial charge in [-0.3, -0.25) is 4.90 Å². The Kier molecular flexibility index (Phi) is 3.36. The lowest BCUT2D eigenvalue weighted by Gasteiger charge is -2.46. The van der Waals surface area contributed by atoms with Crippen LogP contribution < -0.4 is 5.73 Å². The lowest BCUT2D eigenvalue weighted by atomic mass is 9.75. The van der Waals surface area contributed by atoms with E-state index in [0.717, 1.165) is 18.4 Å². The fourth-order valence-electron chi connectivity index (χ4n) is 3.60. The van der Waals surface area contributed by atoms with Crippen molar-refractivity contribution < 1.29 is 0 Å². The van der Waals surface area contributed by atoms with Crippen molar-refractivity contribution in [2.75, 3.05) is 19.6 Å². The first-order valence-electron chi connectivity index (χ1n) is 6.61. The molecule has 0 aromatic heterocycles. The van der Waals surface area contributed by atoms with Crippen molar-refractivity contribution in [1.82, 2.24) is 4.90 Å². The zero-order valence-electron chi connectivity index (χ0n) is 10.3. The van der Waals surface area contributed by atoms with Gasteiger partial charge < -0.3 is 5.73 Å². The van der Waals surface area contributed by atoms with Crippen LogP contribution in [0, 0.1) is 11.8 Å². The quantitative estimate of drug-likeness (QED) is 0.757. The molecule has 1 saturated heterocycles. The molecular weight excluding hydrogens is 184 g/mol. The third-order valence-corrected chi connectivity index (χ3v) is 4.54. The van der Waals surface area contributed by atoms with Gasteiger partial charge in [-0.1, -0.05) is 26.7 Å². The monoisotopic (exact) mass is 210 g/mol. The van der Waals surface area contributed by atoms with E-state index in [9.17, 15) is 0 Å². The molecule has 88 valence electrons. The predicted octanol–water partition coefficient (Wildman–Crippen LogP) is 2.24. The molecule has 1 aliphatic carbocycles. The second-order valence-electron chi connectivity index (χ2n) is 5.97. The van der Waals surface area contributed by atoms with Gasteiger partial charge in [0.1, 0.15) is 0 Å². The maximum Gasteiger partial charge on any atom is 0.0334 e. The molecule has 2 fully saturated rings. The van der Waals surface area contributed by atoms with Gasteiger partial charge in [0.2, 0.25) is 0 Å². The van der Waals surface area contributed by atoms with Crippen LogP contribution in [0.4, 0.5) is 0 Å². The van der Waals surface area contributed by atoms with Crippen molar-refractivity contribution >= 4 is 0 Å². The normalized spacial score (nSPS) is 43.4. The number of hydrogen-bond donors (Lipinski definition) is 1. The number of hydrogen-bond acceptors (Lipinski definition) is 2. The standard InChI is InChI=1S/C13H26N2/c1-11-4-3-6-13(8-11,10-14)15-7-5-12(2)9-15/h11-12H,3-10,14H2,1-2H3. The Hall–Kier alpha value is -0.0800. The Labute approximate surface area is 94.2 Å². The molecule has 3 unspecified atom stereocenters. The summed E-state index contributed by atoms with van der Waals surface area (Å²) in [4.78, 5) is 2.70. The van der Waals surface area contributed by atoms with Gasteiger partial charge in [-0.05, 0) is 37.6 Å². The van der Waals surface area contributed by atoms with Crippen molar-refractivity contribution in [3.8, 4) is 0 Å². The summed E-state index contributed by atoms with van der Waals surface area (Å²) in [5, 5.41) is 0. The summed E-state index contributed by atoms with van der Waals surface area (Å²) in [6.45, 7) is 8.19. The molecule has 3 atom stereocenters. The van der Waals surface area contributed by atoms with Gasteiger partial charge >= 0.3 is 0 Å². The Morgan fingerprint density at radius 3 is 2.60 bits per heavy atom. The van der Waals surface area contributed by atoms with Crippen LogP contribution >= 0.6 is 0 Å². The fourth-order valence-corrected chi connectivity index (χ4v) is 3.60. The smallest absolute Gasteiger partial charge is 0.0334 e. The summed E-state index contributed by atoms with van der Waals surface area (Å²) in [5.74, 6) is 1.75. The highest BCUT2D eigenvalue weighted by molar-refractivity contribution is 4.98. The Morgan fingerprint density at radius 1 is 1.27 bits per heavy atom. The van der Waals surface area contributed by atoms with Crippen LogP contribution in [0.2, 0.25) is 0 Å². The molecule has 15 heavy (non-hydrogen) atoms. The number of nitrogens with two attached hydrogens (primary N) is 1. The first kappa shape index (κ1) is 11.4. The van der Waals surface area contributed by atoms with E-state index in [0.29, 0.717) is 5.54 Å². The first-order chi connectivity index (χ1) is 7.16. The average molecular weight is 210 g/mol. The summed E-state index contributed by atoms with van der Waals surface area (Å²) in [7, 11) is 0. The van der Waals surface area contributed by atoms with Gasteiger partial charge in [-0.15, -0.1) is 0 Å². The third kappa shape index (κ3) is 2.21. The van der Waals surface area contributed by atoms with Crippen molar-refractivity contribution in [3.05, 3.63) is 0 Å². The molecule has 0 spiro atoms. The van der Waals surface area contributed by atoms with E-state index >= 15 is 0 Å². The van der Waals surface area contributed by atoms with Gasteiger partial charge in [-0.25, -0.2) is 0 Å². The number of rotatable bonds is 2. The highest BCUT2D eigenvalue weighted by Gasteiger charge is 2.41. The van der Waals surface area contributed by atoms with Crippen molar-refractivity contribution in [3.63, 3.8) is 0 Å². The van der Waals surface area contributed by atoms with Gasteiger partial charge in [-0.2, -0.15) is 0 Å². The molecule has 2 rings (SSSR count). The minimum absolute atomic E-state index is 0.364. The largest absolute Gasteiger partial charge is 0.329 e. The van der Waals surface area contributed by atoms with E-state index < -0.39 is 0 Å². The van der Waals surface area contributed by atoms with E-state index in [2.05, 4.69) is 18.7 Å². The zero-order chi connectivity index (χ0) is 10.9. The van der Waals surface area contributed by atoms with E-state index in [1.54, 1.807) is 0 Å². The highest BCUT2D eigenvalue weighted by atomic mass is 15.2. The van der Waals surface area contributed by atoms with Crippen LogP contribution in [-0.2, 0) is 0 Å². The molecule has 0 bridgehead atoms. The number of likely N-dealkylation sites (tertiary alicyclic amines) is 1.